The molecule has 0 amide bonds. The predicted octanol–water partition coefficient (Wildman–Crippen LogP) is 3.03. The largest absolute Gasteiger partial charge is 0.381 e. The van der Waals surface area contributed by atoms with Crippen molar-refractivity contribution in [3.05, 3.63) is 35.9 Å². The van der Waals surface area contributed by atoms with Crippen LogP contribution in [0.1, 0.15) is 38.2 Å². The maximum atomic E-state index is 5.74. The van der Waals surface area contributed by atoms with Gasteiger partial charge in [-0.1, -0.05) is 44.2 Å². The Morgan fingerprint density at radius 3 is 2.73 bits per heavy atom. The van der Waals surface area contributed by atoms with Crippen LogP contribution >= 0.6 is 0 Å². The first-order chi connectivity index (χ1) is 12.7. The van der Waals surface area contributed by atoms with E-state index in [9.17, 15) is 0 Å². The Balaban J connectivity index is 1.63. The molecule has 1 saturated heterocycles. The molecule has 5 heteroatoms. The van der Waals surface area contributed by atoms with E-state index in [1.807, 2.05) is 7.05 Å². The van der Waals surface area contributed by atoms with E-state index in [2.05, 4.69) is 59.8 Å². The molecule has 26 heavy (non-hydrogen) atoms. The van der Waals surface area contributed by atoms with Gasteiger partial charge in [0.15, 0.2) is 5.96 Å². The van der Waals surface area contributed by atoms with Gasteiger partial charge in [0.2, 0.25) is 0 Å². The normalized spacial score (nSPS) is 18.9. The molecule has 1 aliphatic rings. The Labute approximate surface area is 158 Å². The lowest BCUT2D eigenvalue weighted by Gasteiger charge is -2.23. The number of benzene rings is 1. The third-order valence-corrected chi connectivity index (χ3v) is 4.88. The molecule has 2 rings (SSSR count). The summed E-state index contributed by atoms with van der Waals surface area (Å²) in [7, 11) is 1.82. The monoisotopic (exact) mass is 361 g/mol. The minimum atomic E-state index is 0.465. The van der Waals surface area contributed by atoms with Gasteiger partial charge in [-0.05, 0) is 24.3 Å². The van der Waals surface area contributed by atoms with Crippen molar-refractivity contribution in [2.45, 2.75) is 32.6 Å². The molecular weight excluding hydrogens is 326 g/mol. The Hall–Kier alpha value is -1.59. The lowest BCUT2D eigenvalue weighted by Crippen LogP contribution is -2.40. The number of nitrogens with zero attached hydrogens (tertiary/aromatic N) is 1. The fourth-order valence-corrected chi connectivity index (χ4v) is 3.21. The second-order valence-corrected chi connectivity index (χ2v) is 7.30. The molecular formula is C21H35N3O2. The maximum Gasteiger partial charge on any atom is 0.190 e. The first-order valence-corrected chi connectivity index (χ1v) is 9.85. The van der Waals surface area contributed by atoms with Gasteiger partial charge < -0.3 is 20.1 Å². The standard InChI is InChI=1S/C21H35N3O2/c1-17(2)20(19-8-5-4-6-9-19)14-24-21(22-3)23-11-7-12-25-15-18-10-13-26-16-18/h4-6,8-9,17-18,20H,7,10-16H2,1-3H3,(H2,22,23,24). The lowest BCUT2D eigenvalue weighted by atomic mass is 9.88. The van der Waals surface area contributed by atoms with Crippen molar-refractivity contribution in [2.24, 2.45) is 16.8 Å². The molecule has 1 aromatic rings. The summed E-state index contributed by atoms with van der Waals surface area (Å²) in [4.78, 5) is 4.33. The summed E-state index contributed by atoms with van der Waals surface area (Å²) in [6, 6.07) is 10.7. The van der Waals surface area contributed by atoms with Crippen LogP contribution in [-0.4, -0.2) is 52.5 Å². The number of hydrogen-bond donors (Lipinski definition) is 2. The van der Waals surface area contributed by atoms with Gasteiger partial charge in [0, 0.05) is 45.2 Å². The van der Waals surface area contributed by atoms with Crippen LogP contribution in [0.4, 0.5) is 0 Å². The van der Waals surface area contributed by atoms with Gasteiger partial charge in [0.1, 0.15) is 0 Å². The zero-order chi connectivity index (χ0) is 18.6. The second-order valence-electron chi connectivity index (χ2n) is 7.30. The van der Waals surface area contributed by atoms with E-state index in [1.165, 1.54) is 5.56 Å². The third kappa shape index (κ3) is 7.34. The van der Waals surface area contributed by atoms with Crippen molar-refractivity contribution in [1.29, 1.82) is 0 Å². The average molecular weight is 362 g/mol. The van der Waals surface area contributed by atoms with Crippen LogP contribution < -0.4 is 10.6 Å². The summed E-state index contributed by atoms with van der Waals surface area (Å²) in [6.45, 7) is 9.60. The molecule has 2 unspecified atom stereocenters. The number of aliphatic imine (C=N–C) groups is 1. The van der Waals surface area contributed by atoms with E-state index in [0.717, 1.165) is 58.3 Å². The van der Waals surface area contributed by atoms with Crippen LogP contribution in [0.25, 0.3) is 0 Å². The van der Waals surface area contributed by atoms with E-state index < -0.39 is 0 Å². The first-order valence-electron chi connectivity index (χ1n) is 9.85. The minimum Gasteiger partial charge on any atom is -0.381 e. The highest BCUT2D eigenvalue weighted by Gasteiger charge is 2.16. The summed E-state index contributed by atoms with van der Waals surface area (Å²) in [6.07, 6.45) is 2.10. The highest BCUT2D eigenvalue weighted by Crippen LogP contribution is 2.23. The number of ether oxygens (including phenoxy) is 2. The molecule has 0 bridgehead atoms. The smallest absolute Gasteiger partial charge is 0.190 e. The zero-order valence-corrected chi connectivity index (χ0v) is 16.5. The first kappa shape index (κ1) is 20.7. The van der Waals surface area contributed by atoms with Gasteiger partial charge in [-0.3, -0.25) is 4.99 Å². The molecule has 0 aliphatic carbocycles. The van der Waals surface area contributed by atoms with E-state index in [1.54, 1.807) is 0 Å². The van der Waals surface area contributed by atoms with E-state index in [-0.39, 0.29) is 0 Å². The fourth-order valence-electron chi connectivity index (χ4n) is 3.21. The van der Waals surface area contributed by atoms with Crippen molar-refractivity contribution in [2.75, 3.05) is 46.6 Å². The molecule has 1 aliphatic heterocycles. The lowest BCUT2D eigenvalue weighted by molar-refractivity contribution is 0.0888. The van der Waals surface area contributed by atoms with Crippen molar-refractivity contribution < 1.29 is 9.47 Å². The summed E-state index contributed by atoms with van der Waals surface area (Å²) in [5.41, 5.74) is 1.37. The number of guanidine groups is 1. The van der Waals surface area contributed by atoms with Crippen LogP contribution in [-0.2, 0) is 9.47 Å². The average Bonchev–Trinajstić information content (AvgIpc) is 3.17. The van der Waals surface area contributed by atoms with Crippen molar-refractivity contribution in [3.8, 4) is 0 Å². The molecule has 1 heterocycles. The summed E-state index contributed by atoms with van der Waals surface area (Å²) in [5.74, 6) is 2.47. The molecule has 0 spiro atoms. The van der Waals surface area contributed by atoms with Crippen molar-refractivity contribution in [1.82, 2.24) is 10.6 Å². The Morgan fingerprint density at radius 2 is 2.08 bits per heavy atom. The van der Waals surface area contributed by atoms with Gasteiger partial charge in [-0.2, -0.15) is 0 Å². The molecule has 2 N–H and O–H groups in total. The topological polar surface area (TPSA) is 54.9 Å². The van der Waals surface area contributed by atoms with Gasteiger partial charge in [0.05, 0.1) is 13.2 Å². The Morgan fingerprint density at radius 1 is 1.27 bits per heavy atom. The van der Waals surface area contributed by atoms with Gasteiger partial charge >= 0.3 is 0 Å². The predicted molar refractivity (Wildman–Crippen MR) is 108 cm³/mol. The molecule has 5 nitrogen and oxygen atoms in total. The SMILES string of the molecule is CN=C(NCCCOCC1CCOC1)NCC(c1ccccc1)C(C)C. The Bertz CT molecular complexity index is 513. The number of nitrogens with one attached hydrogen (secondary N) is 2. The van der Waals surface area contributed by atoms with Crippen LogP contribution in [0.2, 0.25) is 0 Å². The molecule has 0 radical (unpaired) electrons. The van der Waals surface area contributed by atoms with E-state index >= 15 is 0 Å². The molecule has 0 aromatic heterocycles. The van der Waals surface area contributed by atoms with Crippen LogP contribution in [0.15, 0.2) is 35.3 Å². The van der Waals surface area contributed by atoms with Gasteiger partial charge in [0.25, 0.3) is 0 Å². The Kier molecular flexibility index (Phi) is 9.50. The van der Waals surface area contributed by atoms with E-state index in [0.29, 0.717) is 17.8 Å². The summed E-state index contributed by atoms with van der Waals surface area (Å²) < 4.78 is 11.1. The summed E-state index contributed by atoms with van der Waals surface area (Å²) in [5, 5.41) is 6.84. The summed E-state index contributed by atoms with van der Waals surface area (Å²) >= 11 is 0. The minimum absolute atomic E-state index is 0.465. The maximum absolute atomic E-state index is 5.74. The van der Waals surface area contributed by atoms with Crippen LogP contribution in [0.5, 0.6) is 0 Å². The molecule has 0 saturated carbocycles. The molecule has 2 atom stereocenters. The highest BCUT2D eigenvalue weighted by molar-refractivity contribution is 5.79. The number of hydrogen-bond acceptors (Lipinski definition) is 3. The quantitative estimate of drug-likeness (QED) is 0.382. The third-order valence-electron chi connectivity index (χ3n) is 4.88. The van der Waals surface area contributed by atoms with Gasteiger partial charge in [-0.15, -0.1) is 0 Å². The van der Waals surface area contributed by atoms with Gasteiger partial charge in [-0.25, -0.2) is 0 Å². The number of rotatable bonds is 10. The highest BCUT2D eigenvalue weighted by atomic mass is 16.5. The fraction of sp³-hybridized carbons (Fsp3) is 0.667. The zero-order valence-electron chi connectivity index (χ0n) is 16.5. The molecule has 146 valence electrons. The van der Waals surface area contributed by atoms with Crippen molar-refractivity contribution >= 4 is 5.96 Å². The van der Waals surface area contributed by atoms with Crippen LogP contribution in [0.3, 0.4) is 0 Å². The van der Waals surface area contributed by atoms with Crippen LogP contribution in [0, 0.1) is 11.8 Å². The molecule has 1 fully saturated rings. The van der Waals surface area contributed by atoms with E-state index in [4.69, 9.17) is 9.47 Å². The molecule has 1 aromatic carbocycles. The second kappa shape index (κ2) is 11.9. The van der Waals surface area contributed by atoms with Crippen molar-refractivity contribution in [3.63, 3.8) is 0 Å².